The third-order valence-corrected chi connectivity index (χ3v) is 2.53. The van der Waals surface area contributed by atoms with Gasteiger partial charge in [-0.2, -0.15) is 0 Å². The summed E-state index contributed by atoms with van der Waals surface area (Å²) in [6, 6.07) is 13.9. The van der Waals surface area contributed by atoms with Crippen LogP contribution in [0.15, 0.2) is 48.5 Å². The van der Waals surface area contributed by atoms with Crippen molar-refractivity contribution in [2.75, 3.05) is 5.73 Å². The van der Waals surface area contributed by atoms with Crippen molar-refractivity contribution in [3.05, 3.63) is 64.7 Å². The van der Waals surface area contributed by atoms with Crippen molar-refractivity contribution in [1.82, 2.24) is 0 Å². The molecule has 2 N–H and O–H groups in total. The molecular formula is C13H11Cl2NO. The van der Waals surface area contributed by atoms with Crippen molar-refractivity contribution in [3.8, 4) is 0 Å². The first-order chi connectivity index (χ1) is 7.68. The molecule has 0 saturated heterocycles. The summed E-state index contributed by atoms with van der Waals surface area (Å²) in [7, 11) is 0. The van der Waals surface area contributed by atoms with E-state index in [-0.39, 0.29) is 18.2 Å². The van der Waals surface area contributed by atoms with Crippen LogP contribution in [0.1, 0.15) is 15.9 Å². The zero-order valence-electron chi connectivity index (χ0n) is 8.89. The second-order valence-electron chi connectivity index (χ2n) is 3.43. The first-order valence-electron chi connectivity index (χ1n) is 4.83. The Morgan fingerprint density at radius 2 is 1.71 bits per heavy atom. The highest BCUT2D eigenvalue weighted by molar-refractivity contribution is 6.31. The van der Waals surface area contributed by atoms with Crippen LogP contribution in [0.3, 0.4) is 0 Å². The first kappa shape index (κ1) is 13.6. The zero-order chi connectivity index (χ0) is 11.5. The fraction of sp³-hybridized carbons (Fsp3) is 0. The minimum Gasteiger partial charge on any atom is -0.398 e. The summed E-state index contributed by atoms with van der Waals surface area (Å²) >= 11 is 5.84. The molecule has 0 radical (unpaired) electrons. The Kier molecular flexibility index (Phi) is 4.55. The van der Waals surface area contributed by atoms with Gasteiger partial charge >= 0.3 is 0 Å². The third kappa shape index (κ3) is 2.99. The fourth-order valence-corrected chi connectivity index (χ4v) is 1.64. The molecule has 88 valence electrons. The van der Waals surface area contributed by atoms with Gasteiger partial charge in [0.1, 0.15) is 0 Å². The molecule has 17 heavy (non-hydrogen) atoms. The van der Waals surface area contributed by atoms with E-state index < -0.39 is 0 Å². The number of benzene rings is 2. The van der Waals surface area contributed by atoms with Gasteiger partial charge in [0.2, 0.25) is 0 Å². The van der Waals surface area contributed by atoms with E-state index >= 15 is 0 Å². The Morgan fingerprint density at radius 3 is 2.35 bits per heavy atom. The van der Waals surface area contributed by atoms with E-state index in [0.29, 0.717) is 21.8 Å². The van der Waals surface area contributed by atoms with Gasteiger partial charge in [-0.25, -0.2) is 0 Å². The van der Waals surface area contributed by atoms with E-state index in [2.05, 4.69) is 0 Å². The number of halogens is 2. The number of nitrogen functional groups attached to an aromatic ring is 1. The molecule has 0 spiro atoms. The maximum atomic E-state index is 12.1. The minimum absolute atomic E-state index is 0. The van der Waals surface area contributed by atoms with Crippen molar-refractivity contribution in [2.45, 2.75) is 0 Å². The number of anilines is 1. The first-order valence-corrected chi connectivity index (χ1v) is 5.21. The van der Waals surface area contributed by atoms with Gasteiger partial charge in [0.05, 0.1) is 0 Å². The lowest BCUT2D eigenvalue weighted by molar-refractivity contribution is 0.103. The third-order valence-electron chi connectivity index (χ3n) is 2.30. The molecule has 2 aromatic rings. The number of nitrogens with two attached hydrogens (primary N) is 1. The van der Waals surface area contributed by atoms with Gasteiger partial charge in [0.15, 0.2) is 5.78 Å². The molecule has 0 unspecified atom stereocenters. The molecule has 0 amide bonds. The van der Waals surface area contributed by atoms with Crippen molar-refractivity contribution in [1.29, 1.82) is 0 Å². The summed E-state index contributed by atoms with van der Waals surface area (Å²) in [5.41, 5.74) is 7.24. The molecule has 0 aliphatic carbocycles. The van der Waals surface area contributed by atoms with Gasteiger partial charge in [-0.05, 0) is 18.2 Å². The molecule has 0 fully saturated rings. The molecule has 0 atom stereocenters. The van der Waals surface area contributed by atoms with Crippen molar-refractivity contribution in [2.24, 2.45) is 0 Å². The monoisotopic (exact) mass is 267 g/mol. The zero-order valence-corrected chi connectivity index (χ0v) is 10.5. The van der Waals surface area contributed by atoms with Crippen LogP contribution in [0.25, 0.3) is 0 Å². The summed E-state index contributed by atoms with van der Waals surface area (Å²) in [4.78, 5) is 12.1. The second kappa shape index (κ2) is 5.71. The number of hydrogen-bond donors (Lipinski definition) is 1. The Labute approximate surface area is 111 Å². The Hall–Kier alpha value is -1.51. The molecule has 2 aromatic carbocycles. The lowest BCUT2D eigenvalue weighted by Gasteiger charge is -2.05. The average molecular weight is 268 g/mol. The quantitative estimate of drug-likeness (QED) is 0.668. The number of carbonyl (C=O) groups is 1. The predicted molar refractivity (Wildman–Crippen MR) is 73.0 cm³/mol. The highest BCUT2D eigenvalue weighted by atomic mass is 35.5. The summed E-state index contributed by atoms with van der Waals surface area (Å²) in [5, 5.41) is 0.508. The predicted octanol–water partition coefficient (Wildman–Crippen LogP) is 3.58. The molecule has 2 nitrogen and oxygen atoms in total. The van der Waals surface area contributed by atoms with E-state index in [1.165, 1.54) is 0 Å². The summed E-state index contributed by atoms with van der Waals surface area (Å²) in [6.45, 7) is 0. The number of rotatable bonds is 2. The molecule has 4 heteroatoms. The highest BCUT2D eigenvalue weighted by Gasteiger charge is 2.12. The van der Waals surface area contributed by atoms with Gasteiger partial charge in [-0.15, -0.1) is 12.4 Å². The molecule has 2 rings (SSSR count). The number of ketones is 1. The fourth-order valence-electron chi connectivity index (χ4n) is 1.47. The summed E-state index contributed by atoms with van der Waals surface area (Å²) < 4.78 is 0. The van der Waals surface area contributed by atoms with Gasteiger partial charge in [0.25, 0.3) is 0 Å². The Morgan fingerprint density at radius 1 is 1.06 bits per heavy atom. The van der Waals surface area contributed by atoms with Crippen LogP contribution in [0, 0.1) is 0 Å². The number of hydrogen-bond acceptors (Lipinski definition) is 2. The molecule has 0 saturated carbocycles. The van der Waals surface area contributed by atoms with Crippen LogP contribution >= 0.6 is 24.0 Å². The minimum atomic E-state index is -0.111. The maximum Gasteiger partial charge on any atom is 0.195 e. The Bertz CT molecular complexity index is 526. The van der Waals surface area contributed by atoms with Gasteiger partial charge in [0, 0.05) is 21.8 Å². The Balaban J connectivity index is 0.00000144. The SMILES string of the molecule is Cl.Nc1ccc(Cl)cc1C(=O)c1ccccc1. The van der Waals surface area contributed by atoms with E-state index in [0.717, 1.165) is 0 Å². The molecule has 0 bridgehead atoms. The van der Waals surface area contributed by atoms with Crippen molar-refractivity contribution >= 4 is 35.5 Å². The normalized spacial score (nSPS) is 9.47. The van der Waals surface area contributed by atoms with E-state index in [4.69, 9.17) is 17.3 Å². The van der Waals surface area contributed by atoms with Gasteiger partial charge in [-0.3, -0.25) is 4.79 Å². The smallest absolute Gasteiger partial charge is 0.195 e. The largest absolute Gasteiger partial charge is 0.398 e. The molecule has 0 aromatic heterocycles. The summed E-state index contributed by atoms with van der Waals surface area (Å²) in [5.74, 6) is -0.111. The standard InChI is InChI=1S/C13H10ClNO.ClH/c14-10-6-7-12(15)11(8-10)13(16)9-4-2-1-3-5-9;/h1-8H,15H2;1H. The average Bonchev–Trinajstić information content (AvgIpc) is 2.32. The van der Waals surface area contributed by atoms with Gasteiger partial charge in [-0.1, -0.05) is 41.9 Å². The van der Waals surface area contributed by atoms with Crippen LogP contribution in [-0.2, 0) is 0 Å². The lowest BCUT2D eigenvalue weighted by Crippen LogP contribution is -2.04. The molecule has 0 aliphatic heterocycles. The molecular weight excluding hydrogens is 257 g/mol. The van der Waals surface area contributed by atoms with Crippen molar-refractivity contribution < 1.29 is 4.79 Å². The molecule has 0 heterocycles. The lowest BCUT2D eigenvalue weighted by atomic mass is 10.0. The van der Waals surface area contributed by atoms with Crippen LogP contribution in [0.5, 0.6) is 0 Å². The molecule has 0 aliphatic rings. The van der Waals surface area contributed by atoms with Crippen LogP contribution < -0.4 is 5.73 Å². The second-order valence-corrected chi connectivity index (χ2v) is 3.86. The van der Waals surface area contributed by atoms with E-state index in [1.807, 2.05) is 18.2 Å². The van der Waals surface area contributed by atoms with Crippen LogP contribution in [0.2, 0.25) is 5.02 Å². The van der Waals surface area contributed by atoms with Crippen LogP contribution in [0.4, 0.5) is 5.69 Å². The van der Waals surface area contributed by atoms with E-state index in [1.54, 1.807) is 30.3 Å². The van der Waals surface area contributed by atoms with Gasteiger partial charge < -0.3 is 5.73 Å². The summed E-state index contributed by atoms with van der Waals surface area (Å²) in [6.07, 6.45) is 0. The van der Waals surface area contributed by atoms with Crippen LogP contribution in [-0.4, -0.2) is 5.78 Å². The van der Waals surface area contributed by atoms with E-state index in [9.17, 15) is 4.79 Å². The highest BCUT2D eigenvalue weighted by Crippen LogP contribution is 2.20. The topological polar surface area (TPSA) is 43.1 Å². The maximum absolute atomic E-state index is 12.1. The number of carbonyl (C=O) groups excluding carboxylic acids is 1. The van der Waals surface area contributed by atoms with Crippen molar-refractivity contribution in [3.63, 3.8) is 0 Å².